The summed E-state index contributed by atoms with van der Waals surface area (Å²) in [6.45, 7) is 0.657. The standard InChI is InChI=1S/C30H44O13S/c31-15-7-1-3-9-17-40-27(33)13-14-28(34)41-18-10-5-6-12-20-43-30(36)25-21-24(22-26(23-25)44(37,38)39)29(35)42-19-11-4-2-8-16-32/h13-14,21-23,31-32H,1-12,15-20H2,(H,37,38,39)/b14-13-. The first-order chi connectivity index (χ1) is 21.1. The molecule has 0 aliphatic heterocycles. The largest absolute Gasteiger partial charge is 0.463 e. The highest BCUT2D eigenvalue weighted by Gasteiger charge is 2.20. The van der Waals surface area contributed by atoms with Crippen molar-refractivity contribution >= 4 is 34.0 Å². The molecule has 1 aromatic carbocycles. The Morgan fingerprint density at radius 1 is 0.545 bits per heavy atom. The summed E-state index contributed by atoms with van der Waals surface area (Å²) in [4.78, 5) is 47.6. The zero-order valence-corrected chi connectivity index (χ0v) is 25.8. The normalized spacial score (nSPS) is 11.3. The molecule has 0 aliphatic carbocycles. The number of carbonyl (C=O) groups is 4. The third-order valence-corrected chi connectivity index (χ3v) is 6.96. The SMILES string of the molecule is O=C(/C=C\C(=O)OCCCCCCOC(=O)c1cc(C(=O)OCCCCCCO)cc(S(=O)(=O)O)c1)OCCCCCCO. The average Bonchev–Trinajstić information content (AvgIpc) is 2.99. The maximum Gasteiger partial charge on any atom is 0.338 e. The Labute approximate surface area is 258 Å². The number of benzene rings is 1. The van der Waals surface area contributed by atoms with Crippen molar-refractivity contribution in [2.45, 2.75) is 81.9 Å². The average molecular weight is 645 g/mol. The van der Waals surface area contributed by atoms with Gasteiger partial charge in [0.1, 0.15) is 0 Å². The molecule has 3 N–H and O–H groups in total. The zero-order chi connectivity index (χ0) is 32.6. The third kappa shape index (κ3) is 18.4. The van der Waals surface area contributed by atoms with Gasteiger partial charge in [0.05, 0.1) is 42.4 Å². The quantitative estimate of drug-likeness (QED) is 0.0485. The Balaban J connectivity index is 2.36. The van der Waals surface area contributed by atoms with Crippen LogP contribution in [-0.4, -0.2) is 86.7 Å². The summed E-state index contributed by atoms with van der Waals surface area (Å²) in [6, 6.07) is 2.96. The number of rotatable bonds is 24. The highest BCUT2D eigenvalue weighted by molar-refractivity contribution is 7.85. The van der Waals surface area contributed by atoms with Crippen LogP contribution in [0.1, 0.15) is 97.8 Å². The number of unbranched alkanes of at least 4 members (excludes halogenated alkanes) is 9. The molecule has 0 aromatic heterocycles. The first-order valence-electron chi connectivity index (χ1n) is 14.8. The van der Waals surface area contributed by atoms with Gasteiger partial charge in [-0.15, -0.1) is 0 Å². The molecular formula is C30H44O13S. The molecule has 0 bridgehead atoms. The molecule has 0 heterocycles. The van der Waals surface area contributed by atoms with Crippen molar-refractivity contribution in [1.82, 2.24) is 0 Å². The first-order valence-corrected chi connectivity index (χ1v) is 16.2. The molecule has 44 heavy (non-hydrogen) atoms. The molecule has 0 radical (unpaired) electrons. The summed E-state index contributed by atoms with van der Waals surface area (Å²) >= 11 is 0. The molecule has 0 atom stereocenters. The number of hydrogen-bond acceptors (Lipinski definition) is 12. The van der Waals surface area contributed by atoms with Crippen molar-refractivity contribution < 1.29 is 61.3 Å². The van der Waals surface area contributed by atoms with E-state index in [2.05, 4.69) is 0 Å². The van der Waals surface area contributed by atoms with Crippen molar-refractivity contribution in [2.24, 2.45) is 0 Å². The second kappa shape index (κ2) is 23.1. The van der Waals surface area contributed by atoms with Gasteiger partial charge in [-0.25, -0.2) is 19.2 Å². The lowest BCUT2D eigenvalue weighted by molar-refractivity contribution is -0.140. The maximum absolute atomic E-state index is 12.5. The summed E-state index contributed by atoms with van der Waals surface area (Å²) in [6.07, 6.45) is 10.0. The Morgan fingerprint density at radius 3 is 1.23 bits per heavy atom. The van der Waals surface area contributed by atoms with E-state index < -0.39 is 38.9 Å². The van der Waals surface area contributed by atoms with Crippen LogP contribution in [0.15, 0.2) is 35.2 Å². The van der Waals surface area contributed by atoms with Gasteiger partial charge >= 0.3 is 23.9 Å². The summed E-state index contributed by atoms with van der Waals surface area (Å²) in [5.41, 5.74) is -0.467. The predicted octanol–water partition coefficient (Wildman–Crippen LogP) is 3.56. The molecule has 13 nitrogen and oxygen atoms in total. The summed E-state index contributed by atoms with van der Waals surface area (Å²) < 4.78 is 53.1. The van der Waals surface area contributed by atoms with Crippen molar-refractivity contribution in [3.63, 3.8) is 0 Å². The van der Waals surface area contributed by atoms with Crippen LogP contribution in [0.25, 0.3) is 0 Å². The molecule has 0 fully saturated rings. The van der Waals surface area contributed by atoms with E-state index in [0.717, 1.165) is 56.0 Å². The molecule has 0 spiro atoms. The third-order valence-electron chi connectivity index (χ3n) is 6.13. The molecule has 0 saturated heterocycles. The molecular weight excluding hydrogens is 600 g/mol. The number of hydrogen-bond donors (Lipinski definition) is 3. The van der Waals surface area contributed by atoms with Crippen LogP contribution < -0.4 is 0 Å². The first kappa shape index (κ1) is 38.7. The van der Waals surface area contributed by atoms with Crippen LogP contribution in [0.4, 0.5) is 0 Å². The van der Waals surface area contributed by atoms with E-state index in [-0.39, 0.29) is 50.8 Å². The Kier molecular flexibility index (Phi) is 20.3. The van der Waals surface area contributed by atoms with Crippen LogP contribution in [0.5, 0.6) is 0 Å². The molecule has 1 rings (SSSR count). The van der Waals surface area contributed by atoms with Crippen molar-refractivity contribution in [3.8, 4) is 0 Å². The van der Waals surface area contributed by atoms with E-state index in [0.29, 0.717) is 51.4 Å². The molecule has 0 amide bonds. The minimum Gasteiger partial charge on any atom is -0.463 e. The minimum absolute atomic E-state index is 0.00856. The van der Waals surface area contributed by atoms with E-state index in [1.54, 1.807) is 0 Å². The van der Waals surface area contributed by atoms with Gasteiger partial charge in [-0.2, -0.15) is 8.42 Å². The van der Waals surface area contributed by atoms with Gasteiger partial charge in [-0.05, 0) is 82.4 Å². The van der Waals surface area contributed by atoms with Crippen molar-refractivity contribution in [3.05, 3.63) is 41.5 Å². The van der Waals surface area contributed by atoms with Crippen LogP contribution >= 0.6 is 0 Å². The lowest BCUT2D eigenvalue weighted by atomic mass is 10.1. The molecule has 0 unspecified atom stereocenters. The van der Waals surface area contributed by atoms with Gasteiger partial charge in [-0.1, -0.05) is 12.8 Å². The van der Waals surface area contributed by atoms with Gasteiger partial charge in [0.15, 0.2) is 0 Å². The lowest BCUT2D eigenvalue weighted by Crippen LogP contribution is -2.13. The van der Waals surface area contributed by atoms with Crippen molar-refractivity contribution in [1.29, 1.82) is 0 Å². The second-order valence-electron chi connectivity index (χ2n) is 9.85. The van der Waals surface area contributed by atoms with E-state index in [4.69, 9.17) is 29.2 Å². The van der Waals surface area contributed by atoms with Crippen molar-refractivity contribution in [2.75, 3.05) is 39.6 Å². The number of esters is 4. The predicted molar refractivity (Wildman–Crippen MR) is 157 cm³/mol. The van der Waals surface area contributed by atoms with Crippen LogP contribution in [0, 0.1) is 0 Å². The van der Waals surface area contributed by atoms with Crippen LogP contribution in [0.2, 0.25) is 0 Å². The topological polar surface area (TPSA) is 200 Å². The highest BCUT2D eigenvalue weighted by atomic mass is 32.2. The Hall–Kier alpha value is -3.33. The molecule has 14 heteroatoms. The fraction of sp³-hybridized carbons (Fsp3) is 0.600. The van der Waals surface area contributed by atoms with Gasteiger partial charge in [0.2, 0.25) is 0 Å². The summed E-state index contributed by atoms with van der Waals surface area (Å²) in [5.74, 6) is -3.05. The zero-order valence-electron chi connectivity index (χ0n) is 24.9. The fourth-order valence-electron chi connectivity index (χ4n) is 3.75. The van der Waals surface area contributed by atoms with Crippen LogP contribution in [-0.2, 0) is 38.7 Å². The number of aliphatic hydroxyl groups excluding tert-OH is 2. The van der Waals surface area contributed by atoms with Gasteiger partial charge in [0.25, 0.3) is 10.1 Å². The highest BCUT2D eigenvalue weighted by Crippen LogP contribution is 2.18. The van der Waals surface area contributed by atoms with Gasteiger partial charge in [0, 0.05) is 25.4 Å². The number of carbonyl (C=O) groups excluding carboxylic acids is 4. The van der Waals surface area contributed by atoms with E-state index in [9.17, 15) is 32.1 Å². The van der Waals surface area contributed by atoms with E-state index in [1.165, 1.54) is 0 Å². The van der Waals surface area contributed by atoms with E-state index >= 15 is 0 Å². The minimum atomic E-state index is -4.72. The molecule has 248 valence electrons. The molecule has 0 aliphatic rings. The Morgan fingerprint density at radius 2 is 0.886 bits per heavy atom. The Bertz CT molecular complexity index is 1160. The van der Waals surface area contributed by atoms with Gasteiger partial charge in [-0.3, -0.25) is 4.55 Å². The summed E-state index contributed by atoms with van der Waals surface area (Å²) in [5, 5.41) is 17.5. The summed E-state index contributed by atoms with van der Waals surface area (Å²) in [7, 11) is -4.72. The maximum atomic E-state index is 12.5. The van der Waals surface area contributed by atoms with Gasteiger partial charge < -0.3 is 29.2 Å². The molecule has 0 saturated carbocycles. The monoisotopic (exact) mass is 644 g/mol. The number of aliphatic hydroxyl groups is 2. The van der Waals surface area contributed by atoms with E-state index in [1.807, 2.05) is 0 Å². The number of ether oxygens (including phenoxy) is 4. The fourth-order valence-corrected chi connectivity index (χ4v) is 4.30. The molecule has 1 aromatic rings. The second-order valence-corrected chi connectivity index (χ2v) is 11.3. The lowest BCUT2D eigenvalue weighted by Gasteiger charge is -2.09. The smallest absolute Gasteiger partial charge is 0.338 e. The van der Waals surface area contributed by atoms with Crippen LogP contribution in [0.3, 0.4) is 0 Å².